The first-order valence-corrected chi connectivity index (χ1v) is 6.14. The molecule has 94 valence electrons. The molecular weight excluding hydrogens is 217 g/mol. The lowest BCUT2D eigenvalue weighted by Crippen LogP contribution is -2.48. The Kier molecular flexibility index (Phi) is 3.62. The van der Waals surface area contributed by atoms with Crippen LogP contribution < -0.4 is 5.32 Å². The molecule has 1 aromatic heterocycles. The normalized spacial score (nSPS) is 30.2. The lowest BCUT2D eigenvalue weighted by Gasteiger charge is -2.40. The van der Waals surface area contributed by atoms with Gasteiger partial charge in [0.25, 0.3) is 0 Å². The molecule has 0 radical (unpaired) electrons. The van der Waals surface area contributed by atoms with E-state index in [1.807, 2.05) is 0 Å². The SMILES string of the molecule is CC1CN(C)C(C)CC1Nc1ccc(F)nc1. The molecule has 1 aromatic rings. The smallest absolute Gasteiger partial charge is 0.212 e. The lowest BCUT2D eigenvalue weighted by atomic mass is 9.90. The standard InChI is InChI=1S/C13H20FN3/c1-9-8-17(3)10(2)6-12(9)16-11-4-5-13(14)15-7-11/h4-5,7,9-10,12,16H,6,8H2,1-3H3. The van der Waals surface area contributed by atoms with Gasteiger partial charge in [-0.1, -0.05) is 6.92 Å². The Morgan fingerprint density at radius 3 is 2.82 bits per heavy atom. The molecule has 2 heterocycles. The van der Waals surface area contributed by atoms with E-state index < -0.39 is 5.95 Å². The summed E-state index contributed by atoms with van der Waals surface area (Å²) in [6.45, 7) is 5.58. The van der Waals surface area contributed by atoms with Gasteiger partial charge in [-0.25, -0.2) is 4.98 Å². The molecule has 2 rings (SSSR count). The number of likely N-dealkylation sites (tertiary alicyclic amines) is 1. The molecule has 0 aromatic carbocycles. The molecule has 1 aliphatic heterocycles. The van der Waals surface area contributed by atoms with Crippen molar-refractivity contribution in [3.63, 3.8) is 0 Å². The van der Waals surface area contributed by atoms with Crippen LogP contribution in [0.25, 0.3) is 0 Å². The highest BCUT2D eigenvalue weighted by Gasteiger charge is 2.28. The summed E-state index contributed by atoms with van der Waals surface area (Å²) in [6, 6.07) is 4.16. The third kappa shape index (κ3) is 2.94. The predicted octanol–water partition coefficient (Wildman–Crippen LogP) is 2.36. The van der Waals surface area contributed by atoms with E-state index in [4.69, 9.17) is 0 Å². The minimum Gasteiger partial charge on any atom is -0.381 e. The Bertz CT molecular complexity index is 365. The largest absolute Gasteiger partial charge is 0.381 e. The number of hydrogen-bond acceptors (Lipinski definition) is 3. The van der Waals surface area contributed by atoms with Gasteiger partial charge in [-0.3, -0.25) is 0 Å². The van der Waals surface area contributed by atoms with Crippen LogP contribution in [0.2, 0.25) is 0 Å². The molecule has 1 N–H and O–H groups in total. The molecule has 0 amide bonds. The lowest BCUT2D eigenvalue weighted by molar-refractivity contribution is 0.145. The van der Waals surface area contributed by atoms with Crippen molar-refractivity contribution >= 4 is 5.69 Å². The summed E-state index contributed by atoms with van der Waals surface area (Å²) in [5.41, 5.74) is 0.903. The third-order valence-electron chi connectivity index (χ3n) is 3.69. The van der Waals surface area contributed by atoms with Gasteiger partial charge in [0.05, 0.1) is 11.9 Å². The fraction of sp³-hybridized carbons (Fsp3) is 0.615. The number of nitrogens with zero attached hydrogens (tertiary/aromatic N) is 2. The fourth-order valence-corrected chi connectivity index (χ4v) is 2.42. The second-order valence-corrected chi connectivity index (χ2v) is 5.12. The van der Waals surface area contributed by atoms with Crippen LogP contribution in [0.3, 0.4) is 0 Å². The van der Waals surface area contributed by atoms with Gasteiger partial charge in [0.15, 0.2) is 0 Å². The van der Waals surface area contributed by atoms with Crippen molar-refractivity contribution < 1.29 is 4.39 Å². The molecule has 0 spiro atoms. The molecule has 1 fully saturated rings. The zero-order valence-corrected chi connectivity index (χ0v) is 10.7. The summed E-state index contributed by atoms with van der Waals surface area (Å²) >= 11 is 0. The molecule has 1 aliphatic rings. The van der Waals surface area contributed by atoms with E-state index in [9.17, 15) is 4.39 Å². The third-order valence-corrected chi connectivity index (χ3v) is 3.69. The topological polar surface area (TPSA) is 28.2 Å². The van der Waals surface area contributed by atoms with Gasteiger partial charge >= 0.3 is 0 Å². The van der Waals surface area contributed by atoms with Crippen LogP contribution in [0.1, 0.15) is 20.3 Å². The van der Waals surface area contributed by atoms with Gasteiger partial charge in [0.2, 0.25) is 5.95 Å². The van der Waals surface area contributed by atoms with Gasteiger partial charge in [0, 0.05) is 18.6 Å². The fourth-order valence-electron chi connectivity index (χ4n) is 2.42. The van der Waals surface area contributed by atoms with Crippen molar-refractivity contribution in [3.05, 3.63) is 24.3 Å². The van der Waals surface area contributed by atoms with Crippen molar-refractivity contribution in [2.24, 2.45) is 5.92 Å². The summed E-state index contributed by atoms with van der Waals surface area (Å²) < 4.78 is 12.7. The number of pyridine rings is 1. The maximum absolute atomic E-state index is 12.7. The van der Waals surface area contributed by atoms with Gasteiger partial charge in [0.1, 0.15) is 0 Å². The van der Waals surface area contributed by atoms with E-state index in [2.05, 4.69) is 36.1 Å². The number of aromatic nitrogens is 1. The maximum Gasteiger partial charge on any atom is 0.212 e. The zero-order valence-electron chi connectivity index (χ0n) is 10.7. The Morgan fingerprint density at radius 1 is 1.41 bits per heavy atom. The molecule has 0 aliphatic carbocycles. The molecule has 0 saturated carbocycles. The quantitative estimate of drug-likeness (QED) is 0.800. The molecule has 1 saturated heterocycles. The van der Waals surface area contributed by atoms with Crippen LogP contribution in [0.15, 0.2) is 18.3 Å². The monoisotopic (exact) mass is 237 g/mol. The van der Waals surface area contributed by atoms with Crippen molar-refractivity contribution in [2.75, 3.05) is 18.9 Å². The van der Waals surface area contributed by atoms with Gasteiger partial charge in [-0.15, -0.1) is 0 Å². The Hall–Kier alpha value is -1.16. The highest BCUT2D eigenvalue weighted by Crippen LogP contribution is 2.23. The van der Waals surface area contributed by atoms with Crippen LogP contribution in [-0.4, -0.2) is 35.6 Å². The summed E-state index contributed by atoms with van der Waals surface area (Å²) in [5.74, 6) is 0.154. The number of piperidine rings is 1. The first kappa shape index (κ1) is 12.3. The average Bonchev–Trinajstić information content (AvgIpc) is 2.29. The first-order chi connectivity index (χ1) is 8.06. The van der Waals surface area contributed by atoms with Crippen LogP contribution in [-0.2, 0) is 0 Å². The molecule has 3 unspecified atom stereocenters. The molecule has 0 bridgehead atoms. The number of rotatable bonds is 2. The van der Waals surface area contributed by atoms with Crippen molar-refractivity contribution in [1.82, 2.24) is 9.88 Å². The summed E-state index contributed by atoms with van der Waals surface area (Å²) in [7, 11) is 2.16. The van der Waals surface area contributed by atoms with E-state index >= 15 is 0 Å². The molecular formula is C13H20FN3. The highest BCUT2D eigenvalue weighted by atomic mass is 19.1. The van der Waals surface area contributed by atoms with E-state index in [0.29, 0.717) is 18.0 Å². The van der Waals surface area contributed by atoms with Crippen LogP contribution in [0, 0.1) is 11.9 Å². The van der Waals surface area contributed by atoms with Gasteiger partial charge in [-0.2, -0.15) is 4.39 Å². The number of halogens is 1. The minimum atomic E-state index is -0.430. The van der Waals surface area contributed by atoms with Crippen LogP contribution >= 0.6 is 0 Å². The van der Waals surface area contributed by atoms with E-state index in [-0.39, 0.29) is 0 Å². The summed E-state index contributed by atoms with van der Waals surface area (Å²) in [5, 5.41) is 3.45. The van der Waals surface area contributed by atoms with Crippen molar-refractivity contribution in [1.29, 1.82) is 0 Å². The number of hydrogen-bond donors (Lipinski definition) is 1. The Labute approximate surface area is 102 Å². The minimum absolute atomic E-state index is 0.430. The predicted molar refractivity (Wildman–Crippen MR) is 67.5 cm³/mol. The maximum atomic E-state index is 12.7. The van der Waals surface area contributed by atoms with E-state index in [1.165, 1.54) is 6.07 Å². The van der Waals surface area contributed by atoms with Crippen molar-refractivity contribution in [3.8, 4) is 0 Å². The molecule has 3 atom stereocenters. The van der Waals surface area contributed by atoms with Crippen molar-refractivity contribution in [2.45, 2.75) is 32.4 Å². The highest BCUT2D eigenvalue weighted by molar-refractivity contribution is 5.41. The zero-order chi connectivity index (χ0) is 12.4. The Morgan fingerprint density at radius 2 is 2.18 bits per heavy atom. The first-order valence-electron chi connectivity index (χ1n) is 6.14. The number of nitrogens with one attached hydrogen (secondary N) is 1. The molecule has 17 heavy (non-hydrogen) atoms. The van der Waals surface area contributed by atoms with Crippen LogP contribution in [0.5, 0.6) is 0 Å². The van der Waals surface area contributed by atoms with Gasteiger partial charge in [-0.05, 0) is 38.4 Å². The number of anilines is 1. The molecule has 3 nitrogen and oxygen atoms in total. The average molecular weight is 237 g/mol. The second-order valence-electron chi connectivity index (χ2n) is 5.12. The molecule has 4 heteroatoms. The Balaban J connectivity index is 2.00. The summed E-state index contributed by atoms with van der Waals surface area (Å²) in [6.07, 6.45) is 2.67. The summed E-state index contributed by atoms with van der Waals surface area (Å²) in [4.78, 5) is 6.04. The van der Waals surface area contributed by atoms with E-state index in [1.54, 1.807) is 12.3 Å². The van der Waals surface area contributed by atoms with Crippen LogP contribution in [0.4, 0.5) is 10.1 Å². The van der Waals surface area contributed by atoms with E-state index in [0.717, 1.165) is 18.7 Å². The second kappa shape index (κ2) is 5.00. The van der Waals surface area contributed by atoms with Gasteiger partial charge < -0.3 is 10.2 Å².